The van der Waals surface area contributed by atoms with E-state index in [1.165, 1.54) is 39.0 Å². The molecule has 3 heterocycles. The quantitative estimate of drug-likeness (QED) is 0.687. The van der Waals surface area contributed by atoms with Gasteiger partial charge in [0.2, 0.25) is 0 Å². The van der Waals surface area contributed by atoms with Gasteiger partial charge < -0.3 is 4.90 Å². The maximum Gasteiger partial charge on any atom is 0.0245 e. The summed E-state index contributed by atoms with van der Waals surface area (Å²) in [5.74, 6) is 0. The van der Waals surface area contributed by atoms with E-state index in [0.717, 1.165) is 24.2 Å². The lowest BCUT2D eigenvalue weighted by molar-refractivity contribution is -0.0864. The van der Waals surface area contributed by atoms with Crippen LogP contribution in [0.3, 0.4) is 0 Å². The molecular weight excluding hydrogens is 198 g/mol. The number of rotatable bonds is 2. The minimum Gasteiger partial charge on any atom is -0.303 e. The topological polar surface area (TPSA) is 9.72 Å². The van der Waals surface area contributed by atoms with Crippen molar-refractivity contribution in [2.75, 3.05) is 33.2 Å². The molecule has 0 amide bonds. The summed E-state index contributed by atoms with van der Waals surface area (Å²) in [5, 5.41) is 0. The molecule has 0 aromatic heterocycles. The smallest absolute Gasteiger partial charge is 0.0245 e. The second kappa shape index (κ2) is 3.97. The molecule has 3 unspecified atom stereocenters. The van der Waals surface area contributed by atoms with Crippen LogP contribution in [-0.2, 0) is 0 Å². The number of likely N-dealkylation sites (tertiary alicyclic amines) is 3. The van der Waals surface area contributed by atoms with E-state index in [-0.39, 0.29) is 0 Å². The number of hydrogen-bond donors (Lipinski definition) is 0. The van der Waals surface area contributed by atoms with Crippen molar-refractivity contribution >= 4 is 0 Å². The molecule has 92 valence electrons. The van der Waals surface area contributed by atoms with E-state index in [1.54, 1.807) is 0 Å². The molecule has 3 aliphatic rings. The number of fused-ring (bicyclic) bond motifs is 2. The first-order chi connectivity index (χ1) is 7.65. The van der Waals surface area contributed by atoms with Crippen molar-refractivity contribution in [3.63, 3.8) is 0 Å². The Bertz CT molecular complexity index is 254. The van der Waals surface area contributed by atoms with Gasteiger partial charge in [0.1, 0.15) is 0 Å². The van der Waals surface area contributed by atoms with Crippen molar-refractivity contribution in [2.24, 2.45) is 0 Å². The van der Waals surface area contributed by atoms with Crippen LogP contribution in [0.2, 0.25) is 0 Å². The molecule has 3 saturated heterocycles. The van der Waals surface area contributed by atoms with Crippen LogP contribution >= 0.6 is 0 Å². The normalized spacial score (nSPS) is 41.6. The third-order valence-corrected chi connectivity index (χ3v) is 4.78. The van der Waals surface area contributed by atoms with Crippen LogP contribution in [0.1, 0.15) is 26.7 Å². The molecule has 3 rings (SSSR count). The summed E-state index contributed by atoms with van der Waals surface area (Å²) in [6.07, 6.45) is 2.86. The van der Waals surface area contributed by atoms with E-state index < -0.39 is 0 Å². The molecule has 3 atom stereocenters. The highest BCUT2D eigenvalue weighted by molar-refractivity contribution is 5.04. The van der Waals surface area contributed by atoms with Crippen LogP contribution in [0.15, 0.2) is 0 Å². The second-order valence-electron chi connectivity index (χ2n) is 6.24. The zero-order valence-corrected chi connectivity index (χ0v) is 10.9. The van der Waals surface area contributed by atoms with Gasteiger partial charge >= 0.3 is 0 Å². The molecular formula is C13H25N3. The molecule has 16 heavy (non-hydrogen) atoms. The zero-order valence-electron chi connectivity index (χ0n) is 10.9. The van der Waals surface area contributed by atoms with Crippen LogP contribution in [0.5, 0.6) is 0 Å². The summed E-state index contributed by atoms with van der Waals surface area (Å²) in [7, 11) is 2.27. The van der Waals surface area contributed by atoms with Gasteiger partial charge in [-0.2, -0.15) is 0 Å². The van der Waals surface area contributed by atoms with Gasteiger partial charge in [-0.15, -0.1) is 0 Å². The lowest BCUT2D eigenvalue weighted by Crippen LogP contribution is -2.70. The van der Waals surface area contributed by atoms with E-state index in [1.807, 2.05) is 0 Å². The summed E-state index contributed by atoms with van der Waals surface area (Å²) in [6.45, 7) is 9.88. The number of piperazine rings is 1. The maximum absolute atomic E-state index is 2.84. The number of piperidine rings is 1. The summed E-state index contributed by atoms with van der Waals surface area (Å²) >= 11 is 0. The Morgan fingerprint density at radius 1 is 1.00 bits per heavy atom. The Morgan fingerprint density at radius 3 is 2.25 bits per heavy atom. The number of nitrogens with zero attached hydrogens (tertiary/aromatic N) is 3. The molecule has 0 spiro atoms. The van der Waals surface area contributed by atoms with E-state index >= 15 is 0 Å². The van der Waals surface area contributed by atoms with Gasteiger partial charge in [0, 0.05) is 50.3 Å². The average Bonchev–Trinajstić information content (AvgIpc) is 2.66. The predicted molar refractivity (Wildman–Crippen MR) is 66.6 cm³/mol. The fraction of sp³-hybridized carbons (Fsp3) is 1.00. The van der Waals surface area contributed by atoms with Crippen molar-refractivity contribution < 1.29 is 0 Å². The Labute approximate surface area is 99.4 Å². The van der Waals surface area contributed by atoms with E-state index in [4.69, 9.17) is 0 Å². The predicted octanol–water partition coefficient (Wildman–Crippen LogP) is 0.857. The highest BCUT2D eigenvalue weighted by Gasteiger charge is 2.48. The third-order valence-electron chi connectivity index (χ3n) is 4.78. The fourth-order valence-electron chi connectivity index (χ4n) is 3.93. The third kappa shape index (κ3) is 1.69. The van der Waals surface area contributed by atoms with Crippen molar-refractivity contribution in [2.45, 2.75) is 50.9 Å². The Balaban J connectivity index is 1.60. The van der Waals surface area contributed by atoms with Gasteiger partial charge in [0.15, 0.2) is 0 Å². The van der Waals surface area contributed by atoms with Crippen LogP contribution in [-0.4, -0.2) is 72.1 Å². The molecule has 2 bridgehead atoms. The standard InChI is InChI=1S/C13H25N3/c1-10(2)15-5-4-11(9-15)16-12-6-13(16)8-14(3)7-12/h10-13H,4-9H2,1-3H3. The molecule has 0 radical (unpaired) electrons. The van der Waals surface area contributed by atoms with Crippen molar-refractivity contribution in [3.05, 3.63) is 0 Å². The Hall–Kier alpha value is -0.120. The highest BCUT2D eigenvalue weighted by Crippen LogP contribution is 2.36. The van der Waals surface area contributed by atoms with E-state index in [2.05, 4.69) is 35.6 Å². The summed E-state index contributed by atoms with van der Waals surface area (Å²) in [6, 6.07) is 3.34. The molecule has 0 aromatic rings. The van der Waals surface area contributed by atoms with E-state index in [9.17, 15) is 0 Å². The van der Waals surface area contributed by atoms with Crippen LogP contribution in [0.4, 0.5) is 0 Å². The lowest BCUT2D eigenvalue weighted by Gasteiger charge is -2.58. The number of hydrogen-bond acceptors (Lipinski definition) is 3. The SMILES string of the molecule is CC(C)N1CCC(N2C3CC2CN(C)C3)C1. The molecule has 3 nitrogen and oxygen atoms in total. The Morgan fingerprint density at radius 2 is 1.69 bits per heavy atom. The van der Waals surface area contributed by atoms with Gasteiger partial charge in [-0.1, -0.05) is 0 Å². The van der Waals surface area contributed by atoms with Gasteiger partial charge in [-0.25, -0.2) is 0 Å². The summed E-state index contributed by atoms with van der Waals surface area (Å²) in [5.41, 5.74) is 0. The zero-order chi connectivity index (χ0) is 11.3. The lowest BCUT2D eigenvalue weighted by atomic mass is 9.85. The van der Waals surface area contributed by atoms with Crippen LogP contribution < -0.4 is 0 Å². The number of likely N-dealkylation sites (N-methyl/N-ethyl adjacent to an activating group) is 1. The first kappa shape index (κ1) is 11.0. The fourth-order valence-corrected chi connectivity index (χ4v) is 3.93. The molecule has 0 saturated carbocycles. The first-order valence-electron chi connectivity index (χ1n) is 6.85. The van der Waals surface area contributed by atoms with E-state index in [0.29, 0.717) is 0 Å². The Kier molecular flexibility index (Phi) is 2.73. The van der Waals surface area contributed by atoms with Crippen molar-refractivity contribution in [1.29, 1.82) is 0 Å². The first-order valence-corrected chi connectivity index (χ1v) is 6.85. The highest BCUT2D eigenvalue weighted by atomic mass is 15.4. The summed E-state index contributed by atoms with van der Waals surface area (Å²) < 4.78 is 0. The maximum atomic E-state index is 2.84. The van der Waals surface area contributed by atoms with Crippen LogP contribution in [0.25, 0.3) is 0 Å². The monoisotopic (exact) mass is 223 g/mol. The molecule has 0 N–H and O–H groups in total. The molecule has 0 aromatic carbocycles. The second-order valence-corrected chi connectivity index (χ2v) is 6.24. The van der Waals surface area contributed by atoms with Gasteiger partial charge in [-0.05, 0) is 33.7 Å². The van der Waals surface area contributed by atoms with Gasteiger partial charge in [0.25, 0.3) is 0 Å². The molecule has 3 fully saturated rings. The van der Waals surface area contributed by atoms with Gasteiger partial charge in [0.05, 0.1) is 0 Å². The van der Waals surface area contributed by atoms with Crippen molar-refractivity contribution in [1.82, 2.24) is 14.7 Å². The van der Waals surface area contributed by atoms with Gasteiger partial charge in [-0.3, -0.25) is 9.80 Å². The molecule has 3 aliphatic heterocycles. The molecule has 0 aliphatic carbocycles. The minimum absolute atomic E-state index is 0.730. The van der Waals surface area contributed by atoms with Crippen LogP contribution in [0, 0.1) is 0 Å². The average molecular weight is 223 g/mol. The molecule has 3 heteroatoms. The summed E-state index contributed by atoms with van der Waals surface area (Å²) in [4.78, 5) is 7.98. The largest absolute Gasteiger partial charge is 0.303 e. The van der Waals surface area contributed by atoms with Crippen molar-refractivity contribution in [3.8, 4) is 0 Å². The minimum atomic E-state index is 0.730.